The van der Waals surface area contributed by atoms with Gasteiger partial charge in [-0.25, -0.2) is 4.79 Å². The highest BCUT2D eigenvalue weighted by Gasteiger charge is 2.33. The van der Waals surface area contributed by atoms with Gasteiger partial charge in [-0.2, -0.15) is 0 Å². The van der Waals surface area contributed by atoms with Crippen LogP contribution in [0.5, 0.6) is 0 Å². The number of amides is 3. The van der Waals surface area contributed by atoms with Crippen LogP contribution in [-0.2, 0) is 11.3 Å². The summed E-state index contributed by atoms with van der Waals surface area (Å²) >= 11 is 0. The van der Waals surface area contributed by atoms with Gasteiger partial charge < -0.3 is 19.7 Å². The summed E-state index contributed by atoms with van der Waals surface area (Å²) in [6.45, 7) is 10.9. The summed E-state index contributed by atoms with van der Waals surface area (Å²) in [4.78, 5) is 29.7. The van der Waals surface area contributed by atoms with Gasteiger partial charge in [0.15, 0.2) is 0 Å². The van der Waals surface area contributed by atoms with Crippen LogP contribution in [0.25, 0.3) is 0 Å². The molecule has 1 aliphatic rings. The molecule has 0 saturated carbocycles. The first-order valence-electron chi connectivity index (χ1n) is 10.9. The predicted molar refractivity (Wildman–Crippen MR) is 119 cm³/mol. The number of carbonyl (C=O) groups is 2. The largest absolute Gasteiger partial charge is 0.348 e. The molecule has 1 aromatic heterocycles. The van der Waals surface area contributed by atoms with Crippen LogP contribution in [0.15, 0.2) is 42.6 Å². The zero-order valence-electron chi connectivity index (χ0n) is 18.6. The lowest BCUT2D eigenvalue weighted by molar-refractivity contribution is -0.134. The molecule has 2 heterocycles. The van der Waals surface area contributed by atoms with Gasteiger partial charge in [-0.1, -0.05) is 50.6 Å². The second-order valence-corrected chi connectivity index (χ2v) is 8.54. The van der Waals surface area contributed by atoms with Crippen molar-refractivity contribution in [1.82, 2.24) is 19.7 Å². The maximum Gasteiger partial charge on any atom is 0.317 e. The third-order valence-corrected chi connectivity index (χ3v) is 5.44. The quantitative estimate of drug-likeness (QED) is 0.755. The molecular weight excluding hydrogens is 376 g/mol. The first-order chi connectivity index (χ1) is 14.4. The Labute approximate surface area is 179 Å². The van der Waals surface area contributed by atoms with Crippen LogP contribution >= 0.6 is 0 Å². The van der Waals surface area contributed by atoms with Crippen LogP contribution in [0.2, 0.25) is 0 Å². The van der Waals surface area contributed by atoms with Crippen molar-refractivity contribution in [2.75, 3.05) is 26.2 Å². The number of benzene rings is 1. The molecule has 6 heteroatoms. The third kappa shape index (κ3) is 5.04. The molecule has 1 aliphatic heterocycles. The molecule has 3 rings (SSSR count). The molecule has 3 amide bonds. The van der Waals surface area contributed by atoms with E-state index in [-0.39, 0.29) is 30.4 Å². The summed E-state index contributed by atoms with van der Waals surface area (Å²) < 4.78 is 2.22. The molecule has 0 spiro atoms. The summed E-state index contributed by atoms with van der Waals surface area (Å²) in [5.41, 5.74) is 3.39. The van der Waals surface area contributed by atoms with Crippen molar-refractivity contribution in [3.05, 3.63) is 59.4 Å². The van der Waals surface area contributed by atoms with E-state index < -0.39 is 0 Å². The van der Waals surface area contributed by atoms with E-state index in [1.807, 2.05) is 24.0 Å². The van der Waals surface area contributed by atoms with E-state index in [9.17, 15) is 9.59 Å². The smallest absolute Gasteiger partial charge is 0.317 e. The number of carbonyl (C=O) groups excluding carboxylic acids is 2. The fourth-order valence-electron chi connectivity index (χ4n) is 4.10. The molecule has 1 N–H and O–H groups in total. The average molecular weight is 411 g/mol. The third-order valence-electron chi connectivity index (χ3n) is 5.44. The van der Waals surface area contributed by atoms with Gasteiger partial charge in [-0.05, 0) is 37.0 Å². The van der Waals surface area contributed by atoms with Gasteiger partial charge in [0.2, 0.25) is 5.91 Å². The van der Waals surface area contributed by atoms with Crippen LogP contribution < -0.4 is 5.32 Å². The van der Waals surface area contributed by atoms with Gasteiger partial charge >= 0.3 is 6.03 Å². The van der Waals surface area contributed by atoms with E-state index >= 15 is 0 Å². The lowest BCUT2D eigenvalue weighted by Crippen LogP contribution is -2.50. The van der Waals surface area contributed by atoms with Gasteiger partial charge in [0, 0.05) is 38.1 Å². The molecule has 162 valence electrons. The Morgan fingerprint density at radius 2 is 2.00 bits per heavy atom. The molecule has 0 saturated heterocycles. The van der Waals surface area contributed by atoms with E-state index in [1.165, 1.54) is 5.56 Å². The Morgan fingerprint density at radius 1 is 1.20 bits per heavy atom. The Balaban J connectivity index is 1.86. The van der Waals surface area contributed by atoms with E-state index in [1.54, 1.807) is 4.90 Å². The van der Waals surface area contributed by atoms with Gasteiger partial charge in [0.25, 0.3) is 0 Å². The summed E-state index contributed by atoms with van der Waals surface area (Å²) in [6.07, 6.45) is 2.94. The van der Waals surface area contributed by atoms with Crippen molar-refractivity contribution in [3.8, 4) is 0 Å². The number of fused-ring (bicyclic) bond motifs is 1. The van der Waals surface area contributed by atoms with Crippen LogP contribution in [-0.4, -0.2) is 52.5 Å². The van der Waals surface area contributed by atoms with Crippen LogP contribution in [0, 0.1) is 12.8 Å². The summed E-state index contributed by atoms with van der Waals surface area (Å²) in [5.74, 6) is 0.276. The van der Waals surface area contributed by atoms with Crippen molar-refractivity contribution < 1.29 is 9.59 Å². The van der Waals surface area contributed by atoms with E-state index in [0.717, 1.165) is 24.2 Å². The first-order valence-corrected chi connectivity index (χ1v) is 10.9. The number of nitrogens with one attached hydrogen (secondary N) is 1. The van der Waals surface area contributed by atoms with Gasteiger partial charge in [0.05, 0.1) is 6.04 Å². The zero-order chi connectivity index (χ0) is 21.7. The number of aromatic nitrogens is 1. The Bertz CT molecular complexity index is 874. The Morgan fingerprint density at radius 3 is 2.70 bits per heavy atom. The van der Waals surface area contributed by atoms with Gasteiger partial charge in [-0.3, -0.25) is 4.79 Å². The number of hydrogen-bond acceptors (Lipinski definition) is 2. The minimum atomic E-state index is -0.161. The highest BCUT2D eigenvalue weighted by molar-refractivity contribution is 5.84. The number of rotatable bonds is 7. The molecule has 2 aromatic rings. The topological polar surface area (TPSA) is 57.6 Å². The molecule has 0 bridgehead atoms. The number of hydrogen-bond donors (Lipinski definition) is 1. The highest BCUT2D eigenvalue weighted by atomic mass is 16.2. The van der Waals surface area contributed by atoms with Crippen molar-refractivity contribution in [2.45, 2.75) is 46.7 Å². The van der Waals surface area contributed by atoms with Gasteiger partial charge in [0.1, 0.15) is 6.54 Å². The second kappa shape index (κ2) is 9.83. The number of nitrogens with zero attached hydrogens (tertiary/aromatic N) is 3. The number of aryl methyl sites for hydroxylation is 1. The average Bonchev–Trinajstić information content (AvgIpc) is 3.19. The monoisotopic (exact) mass is 410 g/mol. The first kappa shape index (κ1) is 21.9. The van der Waals surface area contributed by atoms with Gasteiger partial charge in [-0.15, -0.1) is 0 Å². The lowest BCUT2D eigenvalue weighted by Gasteiger charge is -2.38. The maximum atomic E-state index is 13.5. The Hall–Kier alpha value is -2.76. The van der Waals surface area contributed by atoms with Crippen molar-refractivity contribution in [1.29, 1.82) is 0 Å². The fraction of sp³-hybridized carbons (Fsp3) is 0.500. The number of urea groups is 1. The molecule has 1 unspecified atom stereocenters. The molecule has 0 radical (unpaired) electrons. The summed E-state index contributed by atoms with van der Waals surface area (Å²) in [6, 6.07) is 12.2. The molecule has 30 heavy (non-hydrogen) atoms. The molecule has 0 fully saturated rings. The lowest BCUT2D eigenvalue weighted by atomic mass is 9.98. The normalized spacial score (nSPS) is 15.8. The maximum absolute atomic E-state index is 13.5. The summed E-state index contributed by atoms with van der Waals surface area (Å²) in [7, 11) is 0. The summed E-state index contributed by atoms with van der Waals surface area (Å²) in [5, 5.41) is 2.92. The van der Waals surface area contributed by atoms with Crippen molar-refractivity contribution in [3.63, 3.8) is 0 Å². The molecular formula is C24H34N4O2. The van der Waals surface area contributed by atoms with Crippen LogP contribution in [0.3, 0.4) is 0 Å². The fourth-order valence-corrected chi connectivity index (χ4v) is 4.10. The van der Waals surface area contributed by atoms with Crippen LogP contribution in [0.4, 0.5) is 4.79 Å². The molecule has 0 aliphatic carbocycles. The SMILES string of the molecule is CCCNC(=O)N(CC(=O)N1CCn2cccc2C1c1cccc(C)c1)CC(C)C. The molecule has 6 nitrogen and oxygen atoms in total. The van der Waals surface area contributed by atoms with E-state index in [0.29, 0.717) is 19.6 Å². The highest BCUT2D eigenvalue weighted by Crippen LogP contribution is 2.33. The minimum Gasteiger partial charge on any atom is -0.348 e. The Kier molecular flexibility index (Phi) is 7.19. The van der Waals surface area contributed by atoms with E-state index in [4.69, 9.17) is 0 Å². The molecule has 1 aromatic carbocycles. The van der Waals surface area contributed by atoms with Crippen molar-refractivity contribution in [2.24, 2.45) is 5.92 Å². The van der Waals surface area contributed by atoms with Crippen LogP contribution in [0.1, 0.15) is 50.1 Å². The zero-order valence-corrected chi connectivity index (χ0v) is 18.6. The minimum absolute atomic E-state index is 0.0127. The standard InChI is InChI=1S/C24H34N4O2/c1-5-11-25-24(30)27(16-18(2)3)17-22(29)28-14-13-26-12-7-10-21(26)23(28)20-9-6-8-19(4)15-20/h6-10,12,15,18,23H,5,11,13-14,16-17H2,1-4H3,(H,25,30). The molecule has 1 atom stereocenters. The van der Waals surface area contributed by atoms with E-state index in [2.05, 4.69) is 61.1 Å². The second-order valence-electron chi connectivity index (χ2n) is 8.54. The van der Waals surface area contributed by atoms with Crippen molar-refractivity contribution >= 4 is 11.9 Å². The predicted octanol–water partition coefficient (Wildman–Crippen LogP) is 3.81.